The van der Waals surface area contributed by atoms with Crippen LogP contribution in [0.2, 0.25) is 0 Å². The molecule has 1 heterocycles. The molecule has 0 saturated heterocycles. The third kappa shape index (κ3) is 2.50. The highest BCUT2D eigenvalue weighted by Crippen LogP contribution is 2.25. The van der Waals surface area contributed by atoms with Crippen LogP contribution in [-0.4, -0.2) is 4.98 Å². The molecule has 3 rings (SSSR count). The minimum absolute atomic E-state index is 0.0775. The normalized spacial score (nSPS) is 10.8. The number of aromatic nitrogens is 1. The van der Waals surface area contributed by atoms with E-state index in [-0.39, 0.29) is 12.4 Å². The largest absolute Gasteiger partial charge is 0.486 e. The molecule has 2 N–H and O–H groups in total. The Morgan fingerprint density at radius 2 is 1.90 bits per heavy atom. The molecule has 3 aromatic rings. The second-order valence-corrected chi connectivity index (χ2v) is 4.55. The van der Waals surface area contributed by atoms with Crippen molar-refractivity contribution in [3.05, 3.63) is 65.9 Å². The zero-order chi connectivity index (χ0) is 14.8. The van der Waals surface area contributed by atoms with Crippen molar-refractivity contribution in [2.75, 3.05) is 5.73 Å². The van der Waals surface area contributed by atoms with Gasteiger partial charge >= 0.3 is 0 Å². The van der Waals surface area contributed by atoms with Gasteiger partial charge in [0.2, 0.25) is 5.82 Å². The zero-order valence-electron chi connectivity index (χ0n) is 11.0. The van der Waals surface area contributed by atoms with Crippen LogP contribution in [-0.2, 0) is 6.61 Å². The predicted molar refractivity (Wildman–Crippen MR) is 76.8 cm³/mol. The summed E-state index contributed by atoms with van der Waals surface area (Å²) >= 11 is 0. The number of rotatable bonds is 3. The highest BCUT2D eigenvalue weighted by atomic mass is 19.2. The van der Waals surface area contributed by atoms with Gasteiger partial charge in [0.1, 0.15) is 6.61 Å². The van der Waals surface area contributed by atoms with Gasteiger partial charge in [0, 0.05) is 22.8 Å². The standard InChI is InChI=1S/C16H12F2N2O/c17-12-4-1-5-14(15(12)18)21-9-10-6-7-13(19)11-3-2-8-20-16(10)11/h1-8H,9,19H2. The van der Waals surface area contributed by atoms with Gasteiger partial charge in [0.05, 0.1) is 5.52 Å². The monoisotopic (exact) mass is 286 g/mol. The first-order valence-corrected chi connectivity index (χ1v) is 6.35. The summed E-state index contributed by atoms with van der Waals surface area (Å²) in [7, 11) is 0. The van der Waals surface area contributed by atoms with Crippen LogP contribution in [0.3, 0.4) is 0 Å². The van der Waals surface area contributed by atoms with Crippen molar-refractivity contribution in [1.82, 2.24) is 4.98 Å². The number of anilines is 1. The van der Waals surface area contributed by atoms with Crippen molar-refractivity contribution < 1.29 is 13.5 Å². The van der Waals surface area contributed by atoms with Gasteiger partial charge in [0.25, 0.3) is 0 Å². The van der Waals surface area contributed by atoms with Gasteiger partial charge in [-0.25, -0.2) is 4.39 Å². The summed E-state index contributed by atoms with van der Waals surface area (Å²) in [5.74, 6) is -2.06. The highest BCUT2D eigenvalue weighted by molar-refractivity contribution is 5.92. The molecule has 0 aliphatic rings. The highest BCUT2D eigenvalue weighted by Gasteiger charge is 2.10. The first kappa shape index (κ1) is 13.3. The van der Waals surface area contributed by atoms with Crippen LogP contribution in [0.15, 0.2) is 48.7 Å². The summed E-state index contributed by atoms with van der Waals surface area (Å²) in [6.45, 7) is 0.0775. The number of hydrogen-bond donors (Lipinski definition) is 1. The molecule has 0 bridgehead atoms. The van der Waals surface area contributed by atoms with E-state index < -0.39 is 11.6 Å². The Balaban J connectivity index is 1.92. The summed E-state index contributed by atoms with van der Waals surface area (Å²) in [6.07, 6.45) is 1.65. The third-order valence-electron chi connectivity index (χ3n) is 3.19. The molecule has 106 valence electrons. The van der Waals surface area contributed by atoms with Crippen molar-refractivity contribution in [1.29, 1.82) is 0 Å². The van der Waals surface area contributed by atoms with E-state index in [1.165, 1.54) is 12.1 Å². The van der Waals surface area contributed by atoms with Crippen molar-refractivity contribution in [3.8, 4) is 5.75 Å². The van der Waals surface area contributed by atoms with E-state index in [1.807, 2.05) is 6.07 Å². The topological polar surface area (TPSA) is 48.1 Å². The van der Waals surface area contributed by atoms with E-state index in [0.29, 0.717) is 11.2 Å². The van der Waals surface area contributed by atoms with Crippen LogP contribution in [0.1, 0.15) is 5.56 Å². The van der Waals surface area contributed by atoms with Gasteiger partial charge in [0.15, 0.2) is 11.6 Å². The Labute approximate surface area is 120 Å². The molecule has 2 aromatic carbocycles. The van der Waals surface area contributed by atoms with Crippen LogP contribution in [0.4, 0.5) is 14.5 Å². The maximum atomic E-state index is 13.5. The lowest BCUT2D eigenvalue weighted by molar-refractivity contribution is 0.285. The molecule has 3 nitrogen and oxygen atoms in total. The van der Waals surface area contributed by atoms with E-state index in [0.717, 1.165) is 17.0 Å². The second-order valence-electron chi connectivity index (χ2n) is 4.55. The number of nitrogen functional groups attached to an aromatic ring is 1. The molecule has 21 heavy (non-hydrogen) atoms. The van der Waals surface area contributed by atoms with Crippen LogP contribution in [0.25, 0.3) is 10.9 Å². The Hall–Kier alpha value is -2.69. The van der Waals surface area contributed by atoms with Crippen molar-refractivity contribution >= 4 is 16.6 Å². The van der Waals surface area contributed by atoms with Crippen molar-refractivity contribution in [2.45, 2.75) is 6.61 Å². The van der Waals surface area contributed by atoms with Gasteiger partial charge in [-0.05, 0) is 30.3 Å². The second kappa shape index (κ2) is 5.36. The van der Waals surface area contributed by atoms with Gasteiger partial charge < -0.3 is 10.5 Å². The SMILES string of the molecule is Nc1ccc(COc2cccc(F)c2F)c2ncccc12. The van der Waals surface area contributed by atoms with E-state index in [2.05, 4.69) is 4.98 Å². The zero-order valence-corrected chi connectivity index (χ0v) is 11.0. The minimum Gasteiger partial charge on any atom is -0.486 e. The molecular weight excluding hydrogens is 274 g/mol. The lowest BCUT2D eigenvalue weighted by atomic mass is 10.1. The number of nitrogens with two attached hydrogens (primary N) is 1. The number of fused-ring (bicyclic) bond motifs is 1. The van der Waals surface area contributed by atoms with E-state index in [1.54, 1.807) is 24.4 Å². The maximum absolute atomic E-state index is 13.5. The molecular formula is C16H12F2N2O. The van der Waals surface area contributed by atoms with Crippen molar-refractivity contribution in [3.63, 3.8) is 0 Å². The molecule has 1 aromatic heterocycles. The van der Waals surface area contributed by atoms with Crippen LogP contribution < -0.4 is 10.5 Å². The first-order chi connectivity index (χ1) is 10.2. The molecule has 0 saturated carbocycles. The van der Waals surface area contributed by atoms with E-state index in [9.17, 15) is 8.78 Å². The van der Waals surface area contributed by atoms with Crippen molar-refractivity contribution in [2.24, 2.45) is 0 Å². The lowest BCUT2D eigenvalue weighted by Crippen LogP contribution is -2.01. The number of benzene rings is 2. The molecule has 0 unspecified atom stereocenters. The van der Waals surface area contributed by atoms with Crippen LogP contribution in [0.5, 0.6) is 5.75 Å². The quantitative estimate of drug-likeness (QED) is 0.747. The fourth-order valence-electron chi connectivity index (χ4n) is 2.12. The lowest BCUT2D eigenvalue weighted by Gasteiger charge is -2.10. The smallest absolute Gasteiger partial charge is 0.200 e. The molecule has 0 amide bonds. The van der Waals surface area contributed by atoms with E-state index >= 15 is 0 Å². The Morgan fingerprint density at radius 3 is 2.76 bits per heavy atom. The molecule has 0 spiro atoms. The molecule has 0 atom stereocenters. The van der Waals surface area contributed by atoms with Crippen LogP contribution in [0, 0.1) is 11.6 Å². The molecule has 0 aliphatic carbocycles. The third-order valence-corrected chi connectivity index (χ3v) is 3.19. The Kier molecular flexibility index (Phi) is 3.39. The summed E-state index contributed by atoms with van der Waals surface area (Å²) in [5, 5.41) is 0.804. The summed E-state index contributed by atoms with van der Waals surface area (Å²) in [6, 6.07) is 11.0. The summed E-state index contributed by atoms with van der Waals surface area (Å²) in [5.41, 5.74) is 7.94. The van der Waals surface area contributed by atoms with Gasteiger partial charge in [-0.15, -0.1) is 0 Å². The predicted octanol–water partition coefficient (Wildman–Crippen LogP) is 3.67. The summed E-state index contributed by atoms with van der Waals surface area (Å²) in [4.78, 5) is 4.27. The number of ether oxygens (including phenoxy) is 1. The van der Waals surface area contributed by atoms with Gasteiger partial charge in [-0.3, -0.25) is 4.98 Å². The number of nitrogens with zero attached hydrogens (tertiary/aromatic N) is 1. The number of halogens is 2. The van der Waals surface area contributed by atoms with Gasteiger partial charge in [-0.1, -0.05) is 12.1 Å². The van der Waals surface area contributed by atoms with E-state index in [4.69, 9.17) is 10.5 Å². The van der Waals surface area contributed by atoms with Crippen LogP contribution >= 0.6 is 0 Å². The number of pyridine rings is 1. The Bertz CT molecular complexity index is 805. The first-order valence-electron chi connectivity index (χ1n) is 6.35. The number of hydrogen-bond acceptors (Lipinski definition) is 3. The summed E-state index contributed by atoms with van der Waals surface area (Å²) < 4.78 is 32.0. The average Bonchev–Trinajstić information content (AvgIpc) is 2.51. The fraction of sp³-hybridized carbons (Fsp3) is 0.0625. The fourth-order valence-corrected chi connectivity index (χ4v) is 2.12. The maximum Gasteiger partial charge on any atom is 0.200 e. The Morgan fingerprint density at radius 1 is 1.05 bits per heavy atom. The molecule has 0 aliphatic heterocycles. The molecule has 0 radical (unpaired) electrons. The minimum atomic E-state index is -0.995. The molecule has 0 fully saturated rings. The average molecular weight is 286 g/mol. The van der Waals surface area contributed by atoms with Gasteiger partial charge in [-0.2, -0.15) is 4.39 Å². The molecule has 5 heteroatoms.